The van der Waals surface area contributed by atoms with Gasteiger partial charge >= 0.3 is 12.1 Å². The van der Waals surface area contributed by atoms with E-state index in [-0.39, 0.29) is 12.3 Å². The summed E-state index contributed by atoms with van der Waals surface area (Å²) in [7, 11) is 0. The van der Waals surface area contributed by atoms with Crippen LogP contribution in [-0.4, -0.2) is 38.4 Å². The number of aromatic nitrogens is 2. The van der Waals surface area contributed by atoms with Gasteiger partial charge in [-0.25, -0.2) is 14.6 Å². The summed E-state index contributed by atoms with van der Waals surface area (Å²) in [6.45, 7) is 12.9. The Morgan fingerprint density at radius 1 is 1.46 bits per heavy atom. The molecular formula is C19H29N3O4. The molecule has 0 saturated carbocycles. The van der Waals surface area contributed by atoms with E-state index in [1.807, 2.05) is 4.57 Å². The number of alkyl carbamates (subject to hydrolysis) is 1. The van der Waals surface area contributed by atoms with Crippen LogP contribution in [-0.2, 0) is 16.0 Å². The van der Waals surface area contributed by atoms with E-state index in [0.29, 0.717) is 5.69 Å². The molecule has 0 radical (unpaired) electrons. The summed E-state index contributed by atoms with van der Waals surface area (Å²) in [6.07, 6.45) is 7.05. The summed E-state index contributed by atoms with van der Waals surface area (Å²) >= 11 is 0. The number of carbonyl (C=O) groups is 2. The molecule has 1 amide bonds. The number of rotatable bonds is 8. The lowest BCUT2D eigenvalue weighted by Gasteiger charge is -2.22. The monoisotopic (exact) mass is 363 g/mol. The van der Waals surface area contributed by atoms with Crippen molar-refractivity contribution in [3.8, 4) is 0 Å². The first-order valence-corrected chi connectivity index (χ1v) is 8.66. The first-order chi connectivity index (χ1) is 12.1. The molecule has 0 fully saturated rings. The fraction of sp³-hybridized carbons (Fsp3) is 0.526. The van der Waals surface area contributed by atoms with Gasteiger partial charge < -0.3 is 19.7 Å². The molecule has 2 unspecified atom stereocenters. The van der Waals surface area contributed by atoms with Gasteiger partial charge in [0.2, 0.25) is 0 Å². The molecule has 26 heavy (non-hydrogen) atoms. The van der Waals surface area contributed by atoms with Crippen LogP contribution in [0.1, 0.15) is 58.5 Å². The van der Waals surface area contributed by atoms with Crippen molar-refractivity contribution in [2.45, 2.75) is 65.0 Å². The highest BCUT2D eigenvalue weighted by atomic mass is 16.6. The third-order valence-electron chi connectivity index (χ3n) is 3.73. The molecule has 0 bridgehead atoms. The summed E-state index contributed by atoms with van der Waals surface area (Å²) in [5.74, 6) is -0.0938. The molecule has 1 rings (SSSR count). The molecule has 7 nitrogen and oxygen atoms in total. The standard InChI is InChI=1S/C19H29N3O4/c1-7-9-10-22-14(12-20-16(22)13(3)8-2)11-15(17(23)24)21-18(25)26-19(4,5)6/h7,9-10,12-13,15H,1,8,11H2,2-6H3,(H,21,25)(H,23,24)/b10-9-. The van der Waals surface area contributed by atoms with Gasteiger partial charge in [0.15, 0.2) is 0 Å². The van der Waals surface area contributed by atoms with Crippen LogP contribution in [0, 0.1) is 0 Å². The van der Waals surface area contributed by atoms with Crippen molar-refractivity contribution in [1.82, 2.24) is 14.9 Å². The van der Waals surface area contributed by atoms with E-state index in [2.05, 4.69) is 30.7 Å². The van der Waals surface area contributed by atoms with Crippen molar-refractivity contribution in [2.75, 3.05) is 0 Å². The van der Waals surface area contributed by atoms with Gasteiger partial charge in [0, 0.05) is 30.4 Å². The van der Waals surface area contributed by atoms with E-state index in [1.54, 1.807) is 45.3 Å². The number of hydrogen-bond acceptors (Lipinski definition) is 4. The minimum absolute atomic E-state index is 0.0828. The average molecular weight is 363 g/mol. The first-order valence-electron chi connectivity index (χ1n) is 8.66. The van der Waals surface area contributed by atoms with Gasteiger partial charge in [-0.3, -0.25) is 0 Å². The Morgan fingerprint density at radius 2 is 2.12 bits per heavy atom. The fourth-order valence-electron chi connectivity index (χ4n) is 2.29. The zero-order valence-electron chi connectivity index (χ0n) is 16.2. The Balaban J connectivity index is 3.06. The van der Waals surface area contributed by atoms with Crippen molar-refractivity contribution < 1.29 is 19.4 Å². The first kappa shape index (κ1) is 21.5. The Bertz CT molecular complexity index is 671. The maximum absolute atomic E-state index is 11.9. The number of imidazole rings is 1. The molecule has 1 aromatic heterocycles. The van der Waals surface area contributed by atoms with Gasteiger partial charge in [0.05, 0.1) is 0 Å². The molecule has 1 aromatic rings. The van der Waals surface area contributed by atoms with Crippen LogP contribution in [0.25, 0.3) is 6.20 Å². The highest BCUT2D eigenvalue weighted by molar-refractivity contribution is 5.80. The van der Waals surface area contributed by atoms with Crippen molar-refractivity contribution in [3.63, 3.8) is 0 Å². The van der Waals surface area contributed by atoms with E-state index in [0.717, 1.165) is 12.2 Å². The van der Waals surface area contributed by atoms with Gasteiger partial charge in [0.25, 0.3) is 0 Å². The predicted molar refractivity (Wildman–Crippen MR) is 101 cm³/mol. The van der Waals surface area contributed by atoms with Gasteiger partial charge in [-0.1, -0.05) is 26.5 Å². The normalized spacial score (nSPS) is 14.0. The maximum Gasteiger partial charge on any atom is 0.408 e. The number of carboxylic acid groups (broad SMARTS) is 1. The molecule has 2 N–H and O–H groups in total. The van der Waals surface area contributed by atoms with Crippen LogP contribution in [0.15, 0.2) is 24.9 Å². The zero-order valence-corrected chi connectivity index (χ0v) is 16.2. The number of amides is 1. The lowest BCUT2D eigenvalue weighted by atomic mass is 10.1. The molecule has 0 aliphatic heterocycles. The second-order valence-electron chi connectivity index (χ2n) is 7.11. The van der Waals surface area contributed by atoms with Gasteiger partial charge in [-0.2, -0.15) is 0 Å². The molecule has 144 valence electrons. The number of carbonyl (C=O) groups excluding carboxylic acids is 1. The fourth-order valence-corrected chi connectivity index (χ4v) is 2.29. The van der Waals surface area contributed by atoms with Crippen LogP contribution in [0.4, 0.5) is 4.79 Å². The summed E-state index contributed by atoms with van der Waals surface area (Å²) in [6, 6.07) is -1.12. The predicted octanol–water partition coefficient (Wildman–Crippen LogP) is 3.57. The number of nitrogens with zero attached hydrogens (tertiary/aromatic N) is 2. The van der Waals surface area contributed by atoms with Crippen LogP contribution in [0.2, 0.25) is 0 Å². The van der Waals surface area contributed by atoms with Crippen LogP contribution >= 0.6 is 0 Å². The van der Waals surface area contributed by atoms with Gasteiger partial charge in [-0.05, 0) is 33.3 Å². The summed E-state index contributed by atoms with van der Waals surface area (Å²) in [5, 5.41) is 11.9. The lowest BCUT2D eigenvalue weighted by molar-refractivity contribution is -0.139. The molecule has 0 aliphatic carbocycles. The highest BCUT2D eigenvalue weighted by Gasteiger charge is 2.26. The molecule has 0 spiro atoms. The summed E-state index contributed by atoms with van der Waals surface area (Å²) in [5.41, 5.74) is -0.0208. The molecule has 7 heteroatoms. The van der Waals surface area contributed by atoms with Crippen LogP contribution < -0.4 is 5.32 Å². The number of carboxylic acids is 1. The smallest absolute Gasteiger partial charge is 0.408 e. The molecule has 1 heterocycles. The molecular weight excluding hydrogens is 334 g/mol. The van der Waals surface area contributed by atoms with Crippen molar-refractivity contribution in [1.29, 1.82) is 0 Å². The zero-order chi connectivity index (χ0) is 19.9. The number of ether oxygens (including phenoxy) is 1. The van der Waals surface area contributed by atoms with Crippen LogP contribution in [0.5, 0.6) is 0 Å². The van der Waals surface area contributed by atoms with E-state index < -0.39 is 23.7 Å². The molecule has 0 aliphatic rings. The number of aliphatic carboxylic acids is 1. The lowest BCUT2D eigenvalue weighted by Crippen LogP contribution is -2.44. The second-order valence-corrected chi connectivity index (χ2v) is 7.11. The van der Waals surface area contributed by atoms with Gasteiger partial charge in [-0.15, -0.1) is 0 Å². The third kappa shape index (κ3) is 6.38. The second kappa shape index (κ2) is 9.22. The Kier molecular flexibility index (Phi) is 7.61. The molecule has 0 saturated heterocycles. The summed E-state index contributed by atoms with van der Waals surface area (Å²) in [4.78, 5) is 28.0. The largest absolute Gasteiger partial charge is 0.480 e. The number of allylic oxidation sites excluding steroid dienone is 2. The van der Waals surface area contributed by atoms with Crippen molar-refractivity contribution >= 4 is 18.3 Å². The summed E-state index contributed by atoms with van der Waals surface area (Å²) < 4.78 is 7.00. The van der Waals surface area contributed by atoms with E-state index in [1.165, 1.54) is 0 Å². The minimum atomic E-state index is -1.14. The highest BCUT2D eigenvalue weighted by Crippen LogP contribution is 2.20. The van der Waals surface area contributed by atoms with Crippen molar-refractivity contribution in [3.05, 3.63) is 36.4 Å². The Hall–Kier alpha value is -2.57. The minimum Gasteiger partial charge on any atom is -0.480 e. The number of nitrogens with one attached hydrogen (secondary N) is 1. The van der Waals surface area contributed by atoms with Crippen LogP contribution in [0.3, 0.4) is 0 Å². The Labute approximate surface area is 154 Å². The number of hydrogen-bond donors (Lipinski definition) is 2. The van der Waals surface area contributed by atoms with E-state index in [4.69, 9.17) is 4.74 Å². The quantitative estimate of drug-likeness (QED) is 0.689. The molecule has 0 aromatic carbocycles. The SMILES string of the molecule is C=C/C=C\n1c(CC(NC(=O)OC(C)(C)C)C(=O)O)cnc1C(C)CC. The van der Waals surface area contributed by atoms with E-state index in [9.17, 15) is 14.7 Å². The Morgan fingerprint density at radius 3 is 2.62 bits per heavy atom. The average Bonchev–Trinajstić information content (AvgIpc) is 2.92. The molecule has 2 atom stereocenters. The maximum atomic E-state index is 11.9. The van der Waals surface area contributed by atoms with E-state index >= 15 is 0 Å². The van der Waals surface area contributed by atoms with Crippen molar-refractivity contribution in [2.24, 2.45) is 0 Å². The van der Waals surface area contributed by atoms with Gasteiger partial charge in [0.1, 0.15) is 17.5 Å². The third-order valence-corrected chi connectivity index (χ3v) is 3.73. The topological polar surface area (TPSA) is 93.5 Å².